The van der Waals surface area contributed by atoms with Gasteiger partial charge in [0.25, 0.3) is 11.8 Å². The van der Waals surface area contributed by atoms with Crippen molar-refractivity contribution in [2.45, 2.75) is 38.1 Å². The minimum atomic E-state index is -3.07. The third-order valence-corrected chi connectivity index (χ3v) is 8.20. The summed E-state index contributed by atoms with van der Waals surface area (Å²) in [4.78, 5) is 26.8. The molecule has 0 radical (unpaired) electrons. The smallest absolute Gasteiger partial charge is 0.256 e. The van der Waals surface area contributed by atoms with E-state index in [0.29, 0.717) is 22.5 Å². The number of carbonyl (C=O) groups excluding carboxylic acids is 2. The van der Waals surface area contributed by atoms with Gasteiger partial charge in [0, 0.05) is 16.5 Å². The van der Waals surface area contributed by atoms with Gasteiger partial charge in [-0.3, -0.25) is 9.59 Å². The summed E-state index contributed by atoms with van der Waals surface area (Å²) in [6, 6.07) is 8.52. The van der Waals surface area contributed by atoms with Gasteiger partial charge < -0.3 is 10.6 Å². The zero-order chi connectivity index (χ0) is 19.7. The number of rotatable bonds is 4. The number of hydrogen-bond donors (Lipinski definition) is 2. The number of carbonyl (C=O) groups is 2. The molecule has 2 amide bonds. The fraction of sp³-hybridized carbons (Fsp3) is 0.400. The Kier molecular flexibility index (Phi) is 5.25. The van der Waals surface area contributed by atoms with Crippen LogP contribution in [-0.2, 0) is 22.7 Å². The van der Waals surface area contributed by atoms with Gasteiger partial charge in [-0.25, -0.2) is 8.42 Å². The summed E-state index contributed by atoms with van der Waals surface area (Å²) in [7, 11) is -3.07. The molecule has 2 aromatic rings. The van der Waals surface area contributed by atoms with Crippen molar-refractivity contribution >= 4 is 38.0 Å². The van der Waals surface area contributed by atoms with E-state index < -0.39 is 9.84 Å². The topological polar surface area (TPSA) is 92.3 Å². The highest BCUT2D eigenvalue weighted by molar-refractivity contribution is 7.91. The largest absolute Gasteiger partial charge is 0.348 e. The Hall–Kier alpha value is -2.19. The van der Waals surface area contributed by atoms with Gasteiger partial charge in [-0.2, -0.15) is 0 Å². The lowest BCUT2D eigenvalue weighted by molar-refractivity contribution is 0.0941. The second-order valence-electron chi connectivity index (χ2n) is 7.31. The maximum Gasteiger partial charge on any atom is 0.256 e. The average molecular weight is 419 g/mol. The second kappa shape index (κ2) is 7.67. The van der Waals surface area contributed by atoms with Gasteiger partial charge >= 0.3 is 0 Å². The number of sulfone groups is 1. The van der Waals surface area contributed by atoms with Crippen LogP contribution >= 0.6 is 11.3 Å². The Morgan fingerprint density at radius 3 is 2.50 bits per heavy atom. The predicted molar refractivity (Wildman–Crippen MR) is 110 cm³/mol. The molecule has 1 unspecified atom stereocenters. The van der Waals surface area contributed by atoms with Crippen LogP contribution < -0.4 is 10.6 Å². The quantitative estimate of drug-likeness (QED) is 0.799. The zero-order valence-corrected chi connectivity index (χ0v) is 17.0. The van der Waals surface area contributed by atoms with Gasteiger partial charge in [0.2, 0.25) is 0 Å². The van der Waals surface area contributed by atoms with Crippen LogP contribution in [0.4, 0.5) is 5.00 Å². The molecule has 0 saturated carbocycles. The minimum absolute atomic E-state index is 0.0171. The molecule has 0 bridgehead atoms. The van der Waals surface area contributed by atoms with E-state index in [2.05, 4.69) is 10.6 Å². The lowest BCUT2D eigenvalue weighted by Crippen LogP contribution is -2.36. The number of aryl methyl sites for hydroxylation is 1. The molecule has 148 valence electrons. The Bertz CT molecular complexity index is 1010. The molecule has 2 aliphatic rings. The molecule has 1 atom stereocenters. The summed E-state index contributed by atoms with van der Waals surface area (Å²) in [5.74, 6) is -0.449. The number of amides is 2. The van der Waals surface area contributed by atoms with Crippen molar-refractivity contribution in [3.63, 3.8) is 0 Å². The number of hydrogen-bond acceptors (Lipinski definition) is 5. The summed E-state index contributed by atoms with van der Waals surface area (Å²) in [6.07, 6.45) is 4.22. The summed E-state index contributed by atoms with van der Waals surface area (Å²) in [5, 5.41) is 6.34. The molecule has 8 heteroatoms. The van der Waals surface area contributed by atoms with E-state index in [1.54, 1.807) is 24.3 Å². The third kappa shape index (κ3) is 3.98. The lowest BCUT2D eigenvalue weighted by Gasteiger charge is -2.15. The van der Waals surface area contributed by atoms with E-state index in [-0.39, 0.29) is 29.4 Å². The van der Waals surface area contributed by atoms with Crippen LogP contribution in [0.5, 0.6) is 0 Å². The first-order valence-corrected chi connectivity index (χ1v) is 12.1. The Balaban J connectivity index is 1.61. The molecule has 6 nitrogen and oxygen atoms in total. The number of fused-ring (bicyclic) bond motifs is 1. The summed E-state index contributed by atoms with van der Waals surface area (Å²) < 4.78 is 23.4. The van der Waals surface area contributed by atoms with E-state index in [0.717, 1.165) is 36.1 Å². The predicted octanol–water partition coefficient (Wildman–Crippen LogP) is 2.80. The maximum atomic E-state index is 13.0. The fourth-order valence-corrected chi connectivity index (χ4v) is 6.78. The fourth-order valence-electron chi connectivity index (χ4n) is 3.83. The highest BCUT2D eigenvalue weighted by Gasteiger charge is 2.32. The van der Waals surface area contributed by atoms with Crippen LogP contribution in [0, 0.1) is 0 Å². The lowest BCUT2D eigenvalue weighted by atomic mass is 9.95. The van der Waals surface area contributed by atoms with E-state index >= 15 is 0 Å². The van der Waals surface area contributed by atoms with Gasteiger partial charge in [-0.05, 0) is 49.8 Å². The second-order valence-corrected chi connectivity index (χ2v) is 10.6. The van der Waals surface area contributed by atoms with Gasteiger partial charge in [-0.1, -0.05) is 18.2 Å². The molecule has 2 heterocycles. The standard InChI is InChI=1S/C20H22N2O4S2/c23-18(13-6-2-1-3-7-13)22-20-17(15-8-4-5-9-16(15)27-20)19(24)21-14-10-11-28(25,26)12-14/h1-3,6-7,14H,4-5,8-12H2,(H,21,24)(H,22,23). The number of anilines is 1. The number of thiophene rings is 1. The van der Waals surface area contributed by atoms with Crippen LogP contribution in [-0.4, -0.2) is 37.8 Å². The van der Waals surface area contributed by atoms with Crippen LogP contribution in [0.1, 0.15) is 50.4 Å². The third-order valence-electron chi connectivity index (χ3n) is 5.23. The molecule has 1 aromatic heterocycles. The van der Waals surface area contributed by atoms with Gasteiger partial charge in [0.05, 0.1) is 17.1 Å². The molecule has 1 aliphatic carbocycles. The summed E-state index contributed by atoms with van der Waals surface area (Å²) in [6.45, 7) is 0. The first kappa shape index (κ1) is 19.1. The summed E-state index contributed by atoms with van der Waals surface area (Å²) in [5.41, 5.74) is 2.04. The highest BCUT2D eigenvalue weighted by Crippen LogP contribution is 2.38. The molecule has 4 rings (SSSR count). The summed E-state index contributed by atoms with van der Waals surface area (Å²) >= 11 is 1.46. The van der Waals surface area contributed by atoms with Crippen molar-refractivity contribution in [2.75, 3.05) is 16.8 Å². The molecule has 2 N–H and O–H groups in total. The van der Waals surface area contributed by atoms with Crippen molar-refractivity contribution in [2.24, 2.45) is 0 Å². The van der Waals surface area contributed by atoms with Crippen molar-refractivity contribution in [3.8, 4) is 0 Å². The first-order valence-electron chi connectivity index (χ1n) is 9.45. The number of nitrogens with one attached hydrogen (secondary N) is 2. The first-order chi connectivity index (χ1) is 13.4. The van der Waals surface area contributed by atoms with Gasteiger partial charge in [0.1, 0.15) is 5.00 Å². The monoisotopic (exact) mass is 418 g/mol. The molecular weight excluding hydrogens is 396 g/mol. The van der Waals surface area contributed by atoms with Crippen LogP contribution in [0.2, 0.25) is 0 Å². The molecule has 1 aliphatic heterocycles. The Morgan fingerprint density at radius 1 is 1.04 bits per heavy atom. The van der Waals surface area contributed by atoms with Gasteiger partial charge in [0.15, 0.2) is 9.84 Å². The number of benzene rings is 1. The van der Waals surface area contributed by atoms with E-state index in [1.165, 1.54) is 11.3 Å². The zero-order valence-electron chi connectivity index (χ0n) is 15.4. The normalized spacial score (nSPS) is 20.4. The van der Waals surface area contributed by atoms with Crippen LogP contribution in [0.15, 0.2) is 30.3 Å². The molecule has 1 saturated heterocycles. The van der Waals surface area contributed by atoms with Crippen molar-refractivity contribution < 1.29 is 18.0 Å². The molecule has 0 spiro atoms. The minimum Gasteiger partial charge on any atom is -0.348 e. The average Bonchev–Trinajstić information content (AvgIpc) is 3.21. The van der Waals surface area contributed by atoms with E-state index in [4.69, 9.17) is 0 Å². The van der Waals surface area contributed by atoms with Crippen molar-refractivity contribution in [1.29, 1.82) is 0 Å². The SMILES string of the molecule is O=C(Nc1sc2c(c1C(=O)NC1CCS(=O)(=O)C1)CCCC2)c1ccccc1. The van der Waals surface area contributed by atoms with Gasteiger partial charge in [-0.15, -0.1) is 11.3 Å². The Labute approximate surface area is 168 Å². The highest BCUT2D eigenvalue weighted by atomic mass is 32.2. The van der Waals surface area contributed by atoms with Crippen LogP contribution in [0.3, 0.4) is 0 Å². The van der Waals surface area contributed by atoms with Crippen molar-refractivity contribution in [1.82, 2.24) is 5.32 Å². The molecule has 28 heavy (non-hydrogen) atoms. The van der Waals surface area contributed by atoms with Crippen LogP contribution in [0.25, 0.3) is 0 Å². The molecular formula is C20H22N2O4S2. The molecule has 1 fully saturated rings. The Morgan fingerprint density at radius 2 is 1.79 bits per heavy atom. The van der Waals surface area contributed by atoms with Crippen molar-refractivity contribution in [3.05, 3.63) is 51.9 Å². The maximum absolute atomic E-state index is 13.0. The van der Waals surface area contributed by atoms with E-state index in [9.17, 15) is 18.0 Å². The van der Waals surface area contributed by atoms with E-state index in [1.807, 2.05) is 6.07 Å². The molecule has 1 aromatic carbocycles.